The molecule has 0 saturated heterocycles. The van der Waals surface area contributed by atoms with Gasteiger partial charge in [0.1, 0.15) is 0 Å². The smallest absolute Gasteiger partial charge is 0.160 e. The van der Waals surface area contributed by atoms with Crippen molar-refractivity contribution in [3.8, 4) is 33.8 Å². The largest absolute Gasteiger partial charge is 0.228 e. The Bertz CT molecular complexity index is 2460. The number of benzene rings is 6. The molecule has 0 bridgehead atoms. The van der Waals surface area contributed by atoms with Gasteiger partial charge in [-0.2, -0.15) is 0 Å². The van der Waals surface area contributed by atoms with Gasteiger partial charge in [0.15, 0.2) is 5.82 Å². The lowest BCUT2D eigenvalue weighted by molar-refractivity contribution is 0.745. The fourth-order valence-electron chi connectivity index (χ4n) is 8.06. The van der Waals surface area contributed by atoms with Gasteiger partial charge in [0.2, 0.25) is 0 Å². The molecule has 1 aromatic heterocycles. The number of para-hydroxylation sites is 1. The molecule has 2 aliphatic carbocycles. The molecule has 9 rings (SSSR count). The standard InChI is InChI=1S/C46H33IN2/c1-30-13-5-9-19-38(30)46(39-20-10-6-16-35(39)36-17-7-11-21-40(36)46)41-28-27-34(29-42(41)47)31-23-25-32(26-24-31)44-37-18-8-12-22-43(37)48-45(49-44)33-14-3-2-4-15-33/h2-6,8-16,18-29H,7,17H2,1H3. The first-order valence-corrected chi connectivity index (χ1v) is 18.0. The molecular formula is C46H33IN2. The highest BCUT2D eigenvalue weighted by Crippen LogP contribution is 2.58. The van der Waals surface area contributed by atoms with Crippen LogP contribution >= 0.6 is 22.6 Å². The van der Waals surface area contributed by atoms with E-state index in [0.29, 0.717) is 0 Å². The van der Waals surface area contributed by atoms with Crippen LogP contribution in [0.2, 0.25) is 0 Å². The molecule has 1 unspecified atom stereocenters. The maximum absolute atomic E-state index is 5.09. The van der Waals surface area contributed by atoms with Crippen molar-refractivity contribution >= 4 is 39.1 Å². The van der Waals surface area contributed by atoms with Crippen LogP contribution in [0.5, 0.6) is 0 Å². The lowest BCUT2D eigenvalue weighted by Gasteiger charge is -2.37. The van der Waals surface area contributed by atoms with E-state index in [2.05, 4.69) is 163 Å². The molecule has 0 amide bonds. The van der Waals surface area contributed by atoms with Crippen LogP contribution in [0.4, 0.5) is 0 Å². The van der Waals surface area contributed by atoms with Crippen molar-refractivity contribution in [2.45, 2.75) is 25.2 Å². The third kappa shape index (κ3) is 4.82. The van der Waals surface area contributed by atoms with Crippen LogP contribution in [-0.2, 0) is 5.41 Å². The number of halogens is 1. The van der Waals surface area contributed by atoms with E-state index < -0.39 is 0 Å². The van der Waals surface area contributed by atoms with Gasteiger partial charge in [-0.25, -0.2) is 9.97 Å². The van der Waals surface area contributed by atoms with Crippen molar-refractivity contribution < 1.29 is 0 Å². The van der Waals surface area contributed by atoms with E-state index in [4.69, 9.17) is 9.97 Å². The quantitative estimate of drug-likeness (QED) is 0.164. The minimum atomic E-state index is -0.363. The Morgan fingerprint density at radius 3 is 2.10 bits per heavy atom. The van der Waals surface area contributed by atoms with Crippen LogP contribution in [0.15, 0.2) is 163 Å². The van der Waals surface area contributed by atoms with E-state index in [0.717, 1.165) is 46.4 Å². The number of allylic oxidation sites excluding steroid dienone is 4. The Kier molecular flexibility index (Phi) is 7.39. The average molecular weight is 741 g/mol. The number of rotatable bonds is 5. The summed E-state index contributed by atoms with van der Waals surface area (Å²) >= 11 is 2.58. The van der Waals surface area contributed by atoms with E-state index in [-0.39, 0.29) is 5.41 Å². The Labute approximate surface area is 301 Å². The second-order valence-corrected chi connectivity index (χ2v) is 14.2. The van der Waals surface area contributed by atoms with Crippen LogP contribution in [0, 0.1) is 10.5 Å². The van der Waals surface area contributed by atoms with Crippen LogP contribution in [-0.4, -0.2) is 9.97 Å². The minimum absolute atomic E-state index is 0.363. The third-order valence-electron chi connectivity index (χ3n) is 10.3. The summed E-state index contributed by atoms with van der Waals surface area (Å²) in [7, 11) is 0. The number of hydrogen-bond donors (Lipinski definition) is 0. The predicted molar refractivity (Wildman–Crippen MR) is 211 cm³/mol. The maximum atomic E-state index is 5.09. The first-order chi connectivity index (χ1) is 24.1. The second kappa shape index (κ2) is 12.1. The number of nitrogens with zero attached hydrogens (tertiary/aromatic N) is 2. The lowest BCUT2D eigenvalue weighted by Crippen LogP contribution is -2.31. The first kappa shape index (κ1) is 30.0. The van der Waals surface area contributed by atoms with E-state index in [1.807, 2.05) is 24.3 Å². The monoisotopic (exact) mass is 740 g/mol. The highest BCUT2D eigenvalue weighted by molar-refractivity contribution is 14.1. The summed E-state index contributed by atoms with van der Waals surface area (Å²) in [6, 6.07) is 52.5. The third-order valence-corrected chi connectivity index (χ3v) is 11.2. The van der Waals surface area contributed by atoms with Crippen molar-refractivity contribution in [2.24, 2.45) is 0 Å². The number of hydrogen-bond acceptors (Lipinski definition) is 2. The molecule has 1 atom stereocenters. The van der Waals surface area contributed by atoms with Crippen molar-refractivity contribution in [3.05, 3.63) is 195 Å². The van der Waals surface area contributed by atoms with Gasteiger partial charge in [-0.3, -0.25) is 0 Å². The highest BCUT2D eigenvalue weighted by Gasteiger charge is 2.48. The van der Waals surface area contributed by atoms with Gasteiger partial charge in [-0.1, -0.05) is 146 Å². The normalized spacial score (nSPS) is 16.5. The Morgan fingerprint density at radius 2 is 1.29 bits per heavy atom. The molecule has 0 radical (unpaired) electrons. The lowest BCUT2D eigenvalue weighted by atomic mass is 9.65. The zero-order valence-corrected chi connectivity index (χ0v) is 29.4. The van der Waals surface area contributed by atoms with Gasteiger partial charge < -0.3 is 0 Å². The van der Waals surface area contributed by atoms with Crippen molar-refractivity contribution in [2.75, 3.05) is 0 Å². The number of fused-ring (bicyclic) bond motifs is 3. The van der Waals surface area contributed by atoms with Crippen molar-refractivity contribution in [3.63, 3.8) is 0 Å². The van der Waals surface area contributed by atoms with Crippen molar-refractivity contribution in [1.82, 2.24) is 9.97 Å². The molecular weight excluding hydrogens is 707 g/mol. The predicted octanol–water partition coefficient (Wildman–Crippen LogP) is 12.0. The van der Waals surface area contributed by atoms with Crippen LogP contribution in [0.1, 0.15) is 40.7 Å². The molecule has 1 heterocycles. The Balaban J connectivity index is 1.15. The highest BCUT2D eigenvalue weighted by atomic mass is 127. The number of aryl methyl sites for hydroxylation is 1. The molecule has 2 nitrogen and oxygen atoms in total. The zero-order valence-electron chi connectivity index (χ0n) is 27.2. The molecule has 234 valence electrons. The summed E-state index contributed by atoms with van der Waals surface area (Å²) in [5.74, 6) is 0.741. The average Bonchev–Trinajstić information content (AvgIpc) is 3.46. The topological polar surface area (TPSA) is 25.8 Å². The number of aromatic nitrogens is 2. The Hall–Kier alpha value is -5.13. The molecule has 49 heavy (non-hydrogen) atoms. The van der Waals surface area contributed by atoms with Gasteiger partial charge >= 0.3 is 0 Å². The van der Waals surface area contributed by atoms with Gasteiger partial charge in [0, 0.05) is 20.1 Å². The van der Waals surface area contributed by atoms with Crippen LogP contribution < -0.4 is 0 Å². The first-order valence-electron chi connectivity index (χ1n) is 16.9. The van der Waals surface area contributed by atoms with Gasteiger partial charge in [0.25, 0.3) is 0 Å². The second-order valence-electron chi connectivity index (χ2n) is 13.0. The molecule has 0 spiro atoms. The SMILES string of the molecule is Cc1ccccc1C1(c2ccc(-c3ccc(-c4nc(-c5ccccc5)nc5ccccc45)cc3)cc2I)C2=C(CCC=C2)c2ccccc21. The minimum Gasteiger partial charge on any atom is -0.228 e. The summed E-state index contributed by atoms with van der Waals surface area (Å²) in [5, 5.41) is 1.05. The van der Waals surface area contributed by atoms with E-state index in [1.165, 1.54) is 53.7 Å². The van der Waals surface area contributed by atoms with E-state index in [9.17, 15) is 0 Å². The fourth-order valence-corrected chi connectivity index (χ4v) is 8.98. The van der Waals surface area contributed by atoms with E-state index in [1.54, 1.807) is 0 Å². The molecule has 7 aromatic rings. The summed E-state index contributed by atoms with van der Waals surface area (Å²) in [6.07, 6.45) is 6.94. The summed E-state index contributed by atoms with van der Waals surface area (Å²) in [4.78, 5) is 9.99. The maximum Gasteiger partial charge on any atom is 0.160 e. The molecule has 6 aromatic carbocycles. The fraction of sp³-hybridized carbons (Fsp3) is 0.0870. The zero-order chi connectivity index (χ0) is 33.0. The van der Waals surface area contributed by atoms with E-state index >= 15 is 0 Å². The van der Waals surface area contributed by atoms with Gasteiger partial charge in [-0.15, -0.1) is 0 Å². The molecule has 0 aliphatic heterocycles. The summed E-state index contributed by atoms with van der Waals surface area (Å²) in [6.45, 7) is 2.26. The Morgan fingerprint density at radius 1 is 0.592 bits per heavy atom. The molecule has 0 saturated carbocycles. The van der Waals surface area contributed by atoms with Gasteiger partial charge in [0.05, 0.1) is 16.6 Å². The molecule has 3 heteroatoms. The molecule has 0 N–H and O–H groups in total. The summed E-state index contributed by atoms with van der Waals surface area (Å²) < 4.78 is 1.26. The molecule has 2 aliphatic rings. The van der Waals surface area contributed by atoms with Crippen molar-refractivity contribution in [1.29, 1.82) is 0 Å². The van der Waals surface area contributed by atoms with Crippen LogP contribution in [0.3, 0.4) is 0 Å². The molecule has 0 fully saturated rings. The summed E-state index contributed by atoms with van der Waals surface area (Å²) in [5.41, 5.74) is 15.7. The van der Waals surface area contributed by atoms with Crippen LogP contribution in [0.25, 0.3) is 50.2 Å². The van der Waals surface area contributed by atoms with Gasteiger partial charge in [-0.05, 0) is 105 Å².